The number of nitrogens with one attached hydrogen (secondary N) is 1. The van der Waals surface area contributed by atoms with Gasteiger partial charge in [0.05, 0.1) is 18.8 Å². The molecule has 116 valence electrons. The number of carbonyl (C=O) groups is 1. The third kappa shape index (κ3) is 3.71. The van der Waals surface area contributed by atoms with Crippen LogP contribution in [0.5, 0.6) is 0 Å². The fourth-order valence-electron chi connectivity index (χ4n) is 3.20. The number of carbonyl (C=O) groups excluding carboxylic acids is 1. The number of morpholine rings is 1. The Balaban J connectivity index is 1.76. The van der Waals surface area contributed by atoms with Gasteiger partial charge in [0.2, 0.25) is 5.91 Å². The molecular weight excluding hydrogens is 254 g/mol. The molecular formula is C15H29N3O2. The summed E-state index contributed by atoms with van der Waals surface area (Å²) in [5.74, 6) is 0.0308. The third-order valence-electron chi connectivity index (χ3n) is 4.68. The molecule has 1 amide bonds. The minimum absolute atomic E-state index is 0.0308. The van der Waals surface area contributed by atoms with Gasteiger partial charge in [-0.25, -0.2) is 0 Å². The van der Waals surface area contributed by atoms with E-state index < -0.39 is 5.54 Å². The van der Waals surface area contributed by atoms with Gasteiger partial charge in [-0.3, -0.25) is 9.69 Å². The van der Waals surface area contributed by atoms with E-state index in [9.17, 15) is 4.79 Å². The lowest BCUT2D eigenvalue weighted by atomic mass is 9.82. The number of amides is 1. The average Bonchev–Trinajstić information content (AvgIpc) is 2.41. The molecule has 1 aliphatic heterocycles. The Morgan fingerprint density at radius 3 is 2.65 bits per heavy atom. The van der Waals surface area contributed by atoms with Gasteiger partial charge in [0, 0.05) is 25.2 Å². The predicted molar refractivity (Wildman–Crippen MR) is 79.5 cm³/mol. The molecule has 2 fully saturated rings. The number of hydrogen-bond acceptors (Lipinski definition) is 4. The molecule has 1 aliphatic carbocycles. The van der Waals surface area contributed by atoms with Crippen LogP contribution in [0, 0.1) is 0 Å². The van der Waals surface area contributed by atoms with Gasteiger partial charge in [-0.05, 0) is 26.7 Å². The van der Waals surface area contributed by atoms with Crippen molar-refractivity contribution in [3.63, 3.8) is 0 Å². The molecule has 1 heterocycles. The van der Waals surface area contributed by atoms with Gasteiger partial charge in [-0.2, -0.15) is 0 Å². The van der Waals surface area contributed by atoms with E-state index in [4.69, 9.17) is 10.5 Å². The van der Waals surface area contributed by atoms with Crippen LogP contribution in [0.4, 0.5) is 0 Å². The van der Waals surface area contributed by atoms with Crippen molar-refractivity contribution in [2.45, 2.75) is 57.0 Å². The van der Waals surface area contributed by atoms with E-state index in [1.165, 1.54) is 6.42 Å². The van der Waals surface area contributed by atoms with Crippen LogP contribution in [0.1, 0.15) is 46.0 Å². The van der Waals surface area contributed by atoms with Crippen LogP contribution < -0.4 is 11.1 Å². The summed E-state index contributed by atoms with van der Waals surface area (Å²) < 4.78 is 5.50. The zero-order chi connectivity index (χ0) is 14.6. The lowest BCUT2D eigenvalue weighted by Crippen LogP contribution is -2.58. The molecule has 0 aromatic rings. The molecule has 20 heavy (non-hydrogen) atoms. The summed E-state index contributed by atoms with van der Waals surface area (Å²) in [6.45, 7) is 8.34. The van der Waals surface area contributed by atoms with E-state index in [-0.39, 0.29) is 11.4 Å². The number of nitrogens with zero attached hydrogens (tertiary/aromatic N) is 1. The van der Waals surface area contributed by atoms with Crippen LogP contribution in [0.2, 0.25) is 0 Å². The van der Waals surface area contributed by atoms with E-state index in [0.29, 0.717) is 6.54 Å². The van der Waals surface area contributed by atoms with Gasteiger partial charge < -0.3 is 15.8 Å². The van der Waals surface area contributed by atoms with Gasteiger partial charge in [0.25, 0.3) is 0 Å². The molecule has 5 heteroatoms. The second kappa shape index (κ2) is 6.41. The lowest BCUT2D eigenvalue weighted by molar-refractivity contribution is -0.127. The van der Waals surface area contributed by atoms with Gasteiger partial charge in [-0.1, -0.05) is 19.3 Å². The summed E-state index contributed by atoms with van der Waals surface area (Å²) in [6, 6.07) is 0. The van der Waals surface area contributed by atoms with Crippen molar-refractivity contribution in [3.8, 4) is 0 Å². The third-order valence-corrected chi connectivity index (χ3v) is 4.68. The Morgan fingerprint density at radius 2 is 2.00 bits per heavy atom. The quantitative estimate of drug-likeness (QED) is 0.803. The van der Waals surface area contributed by atoms with Gasteiger partial charge in [0.1, 0.15) is 0 Å². The van der Waals surface area contributed by atoms with Crippen LogP contribution in [-0.2, 0) is 9.53 Å². The van der Waals surface area contributed by atoms with E-state index in [1.54, 1.807) is 0 Å². The first-order valence-corrected chi connectivity index (χ1v) is 7.84. The average molecular weight is 283 g/mol. The molecule has 2 aliphatic rings. The highest BCUT2D eigenvalue weighted by molar-refractivity contribution is 5.86. The Hall–Kier alpha value is -0.650. The number of hydrogen-bond donors (Lipinski definition) is 2. The molecule has 3 N–H and O–H groups in total. The van der Waals surface area contributed by atoms with Crippen LogP contribution in [0.25, 0.3) is 0 Å². The molecule has 0 radical (unpaired) electrons. The van der Waals surface area contributed by atoms with Crippen molar-refractivity contribution in [3.05, 3.63) is 0 Å². The highest BCUT2D eigenvalue weighted by Gasteiger charge is 2.35. The van der Waals surface area contributed by atoms with Crippen LogP contribution in [0.3, 0.4) is 0 Å². The molecule has 5 nitrogen and oxygen atoms in total. The molecule has 0 atom stereocenters. The standard InChI is InChI=1S/C15H29N3O2/c1-14(2)12-20-11-10-18(14)9-8-17-13(19)15(16)6-4-3-5-7-15/h3-12,16H2,1-2H3,(H,17,19). The topological polar surface area (TPSA) is 67.6 Å². The highest BCUT2D eigenvalue weighted by Crippen LogP contribution is 2.26. The fraction of sp³-hybridized carbons (Fsp3) is 0.933. The van der Waals surface area contributed by atoms with Gasteiger partial charge in [0.15, 0.2) is 0 Å². The Bertz CT molecular complexity index is 338. The van der Waals surface area contributed by atoms with Gasteiger partial charge >= 0.3 is 0 Å². The van der Waals surface area contributed by atoms with Crippen molar-refractivity contribution in [1.82, 2.24) is 10.2 Å². The van der Waals surface area contributed by atoms with E-state index >= 15 is 0 Å². The summed E-state index contributed by atoms with van der Waals surface area (Å²) in [5, 5.41) is 3.03. The van der Waals surface area contributed by atoms with Gasteiger partial charge in [-0.15, -0.1) is 0 Å². The predicted octanol–water partition coefficient (Wildman–Crippen LogP) is 0.875. The molecule has 0 aromatic heterocycles. The fourth-order valence-corrected chi connectivity index (χ4v) is 3.20. The molecule has 0 bridgehead atoms. The maximum absolute atomic E-state index is 12.2. The number of ether oxygens (including phenoxy) is 1. The van der Waals surface area contributed by atoms with Crippen LogP contribution in [0.15, 0.2) is 0 Å². The van der Waals surface area contributed by atoms with Crippen molar-refractivity contribution in [2.75, 3.05) is 32.8 Å². The first-order valence-electron chi connectivity index (χ1n) is 7.84. The maximum Gasteiger partial charge on any atom is 0.240 e. The summed E-state index contributed by atoms with van der Waals surface area (Å²) >= 11 is 0. The van der Waals surface area contributed by atoms with Crippen molar-refractivity contribution < 1.29 is 9.53 Å². The molecule has 0 spiro atoms. The summed E-state index contributed by atoms with van der Waals surface area (Å²) in [4.78, 5) is 14.6. The summed E-state index contributed by atoms with van der Waals surface area (Å²) in [7, 11) is 0. The lowest BCUT2D eigenvalue weighted by Gasteiger charge is -2.42. The SMILES string of the molecule is CC1(C)COCCN1CCNC(=O)C1(N)CCCCC1. The highest BCUT2D eigenvalue weighted by atomic mass is 16.5. The van der Waals surface area contributed by atoms with E-state index in [1.807, 2.05) is 0 Å². The van der Waals surface area contributed by atoms with Crippen LogP contribution in [-0.4, -0.2) is 54.7 Å². The monoisotopic (exact) mass is 283 g/mol. The Morgan fingerprint density at radius 1 is 1.30 bits per heavy atom. The minimum Gasteiger partial charge on any atom is -0.378 e. The van der Waals surface area contributed by atoms with E-state index in [2.05, 4.69) is 24.1 Å². The molecule has 0 aromatic carbocycles. The maximum atomic E-state index is 12.2. The smallest absolute Gasteiger partial charge is 0.240 e. The Kier molecular flexibility index (Phi) is 5.04. The first-order chi connectivity index (χ1) is 9.44. The minimum atomic E-state index is -0.626. The Labute approximate surface area is 122 Å². The van der Waals surface area contributed by atoms with E-state index in [0.717, 1.165) is 52.0 Å². The second-order valence-electron chi connectivity index (χ2n) is 6.82. The van der Waals surface area contributed by atoms with Crippen molar-refractivity contribution in [1.29, 1.82) is 0 Å². The first kappa shape index (κ1) is 15.7. The zero-order valence-corrected chi connectivity index (χ0v) is 12.9. The molecule has 1 saturated heterocycles. The normalized spacial score (nSPS) is 26.1. The van der Waals surface area contributed by atoms with Crippen molar-refractivity contribution >= 4 is 5.91 Å². The van der Waals surface area contributed by atoms with Crippen LogP contribution >= 0.6 is 0 Å². The summed E-state index contributed by atoms with van der Waals surface area (Å²) in [5.41, 5.74) is 5.65. The number of nitrogens with two attached hydrogens (primary N) is 1. The molecule has 0 unspecified atom stereocenters. The molecule has 1 saturated carbocycles. The summed E-state index contributed by atoms with van der Waals surface area (Å²) in [6.07, 6.45) is 4.98. The number of rotatable bonds is 4. The zero-order valence-electron chi connectivity index (χ0n) is 12.9. The largest absolute Gasteiger partial charge is 0.378 e. The second-order valence-corrected chi connectivity index (χ2v) is 6.82. The van der Waals surface area contributed by atoms with Crippen molar-refractivity contribution in [2.24, 2.45) is 5.73 Å². The molecule has 2 rings (SSSR count).